The van der Waals surface area contributed by atoms with Crippen molar-refractivity contribution in [3.8, 4) is 11.5 Å². The molecular weight excluding hydrogens is 401 g/mol. The van der Waals surface area contributed by atoms with E-state index < -0.39 is 11.7 Å². The number of likely N-dealkylation sites (tertiary alicyclic amines) is 1. The van der Waals surface area contributed by atoms with E-state index in [9.17, 15) is 10.2 Å². The fourth-order valence-electron chi connectivity index (χ4n) is 3.53. The van der Waals surface area contributed by atoms with Gasteiger partial charge in [0.2, 0.25) is 0 Å². The molecule has 2 aromatic carbocycles. The average molecular weight is 428 g/mol. The van der Waals surface area contributed by atoms with Crippen LogP contribution in [0, 0.1) is 0 Å². The molecule has 28 heavy (non-hydrogen) atoms. The predicted molar refractivity (Wildman–Crippen MR) is 105 cm³/mol. The van der Waals surface area contributed by atoms with E-state index in [4.69, 9.17) is 21.1 Å². The molecule has 1 aliphatic heterocycles. The molecule has 0 amide bonds. The van der Waals surface area contributed by atoms with Crippen LogP contribution in [0.25, 0.3) is 0 Å². The number of halogens is 2. The molecule has 1 heterocycles. The van der Waals surface area contributed by atoms with E-state index in [-0.39, 0.29) is 19.0 Å². The van der Waals surface area contributed by atoms with Crippen LogP contribution in [0.15, 0.2) is 48.5 Å². The van der Waals surface area contributed by atoms with Crippen LogP contribution in [-0.2, 0) is 5.60 Å². The molecule has 0 aliphatic carbocycles. The van der Waals surface area contributed by atoms with Crippen LogP contribution in [0.3, 0.4) is 0 Å². The van der Waals surface area contributed by atoms with Crippen molar-refractivity contribution in [2.24, 2.45) is 0 Å². The smallest absolute Gasteiger partial charge is 0.137 e. The summed E-state index contributed by atoms with van der Waals surface area (Å²) in [5, 5.41) is 21.9. The van der Waals surface area contributed by atoms with Crippen LogP contribution in [0.5, 0.6) is 11.5 Å². The first-order valence-electron chi connectivity index (χ1n) is 9.25. The van der Waals surface area contributed by atoms with Crippen LogP contribution in [-0.4, -0.2) is 49.7 Å². The normalized spacial score (nSPS) is 22.8. The second-order valence-electron chi connectivity index (χ2n) is 7.13. The fourth-order valence-corrected chi connectivity index (χ4v) is 3.65. The number of piperidine rings is 1. The number of hydrogen-bond donors (Lipinski definition) is 3. The van der Waals surface area contributed by atoms with Crippen LogP contribution in [0.2, 0.25) is 5.02 Å². The Bertz CT molecular complexity index is 716. The first kappa shape index (κ1) is 22.8. The third-order valence-electron chi connectivity index (χ3n) is 5.19. The number of methoxy groups -OCH3 is 1. The standard InChI is InChI=1S/C21H26ClNO4.ClH/c1-26-19-6-8-20(9-7-19)27-15-18(24)14-23-12-10-21(25,11-13-23)16-2-4-17(22)5-3-16;/h2-9,18,24-25H,10-15H2,1H3;1H. The molecule has 1 saturated heterocycles. The molecule has 1 aliphatic rings. The number of ether oxygens (including phenoxy) is 2. The summed E-state index contributed by atoms with van der Waals surface area (Å²) >= 11 is 5.93. The van der Waals surface area contributed by atoms with Crippen molar-refractivity contribution >= 4 is 11.6 Å². The lowest BCUT2D eigenvalue weighted by Gasteiger charge is -2.36. The summed E-state index contributed by atoms with van der Waals surface area (Å²) in [4.78, 5) is 1.28. The monoisotopic (exact) mass is 427 g/mol. The van der Waals surface area contributed by atoms with Crippen LogP contribution in [0.1, 0.15) is 18.4 Å². The molecule has 0 aromatic heterocycles. The Hall–Kier alpha value is -1.50. The minimum absolute atomic E-state index is 0. The van der Waals surface area contributed by atoms with E-state index in [1.807, 2.05) is 48.5 Å². The molecule has 0 radical (unpaired) electrons. The van der Waals surface area contributed by atoms with Gasteiger partial charge in [0.05, 0.1) is 20.2 Å². The van der Waals surface area contributed by atoms with E-state index in [0.29, 0.717) is 30.2 Å². The van der Waals surface area contributed by atoms with Gasteiger partial charge in [-0.15, -0.1) is 0 Å². The van der Waals surface area contributed by atoms with Crippen molar-refractivity contribution in [1.82, 2.24) is 0 Å². The summed E-state index contributed by atoms with van der Waals surface area (Å²) in [6.07, 6.45) is 0.773. The van der Waals surface area contributed by atoms with Crippen molar-refractivity contribution < 1.29 is 37.0 Å². The second-order valence-corrected chi connectivity index (χ2v) is 7.57. The Morgan fingerprint density at radius 3 is 2.18 bits per heavy atom. The van der Waals surface area contributed by atoms with Gasteiger partial charge in [-0.2, -0.15) is 0 Å². The zero-order valence-electron chi connectivity index (χ0n) is 15.9. The van der Waals surface area contributed by atoms with Crippen molar-refractivity contribution in [2.75, 3.05) is 33.4 Å². The lowest BCUT2D eigenvalue weighted by Crippen LogP contribution is -3.14. The highest BCUT2D eigenvalue weighted by molar-refractivity contribution is 6.30. The van der Waals surface area contributed by atoms with Gasteiger partial charge in [-0.3, -0.25) is 0 Å². The van der Waals surface area contributed by atoms with Crippen LogP contribution in [0.4, 0.5) is 0 Å². The Balaban J connectivity index is 0.00000280. The van der Waals surface area contributed by atoms with E-state index >= 15 is 0 Å². The lowest BCUT2D eigenvalue weighted by molar-refractivity contribution is -0.910. The summed E-state index contributed by atoms with van der Waals surface area (Å²) < 4.78 is 10.8. The Morgan fingerprint density at radius 2 is 1.61 bits per heavy atom. The van der Waals surface area contributed by atoms with Crippen molar-refractivity contribution in [1.29, 1.82) is 0 Å². The summed E-state index contributed by atoms with van der Waals surface area (Å²) in [6.45, 7) is 2.46. The molecular formula is C21H27Cl2NO4. The maximum atomic E-state index is 10.9. The first-order chi connectivity index (χ1) is 13.0. The molecule has 0 saturated carbocycles. The van der Waals surface area contributed by atoms with Gasteiger partial charge < -0.3 is 37.0 Å². The zero-order valence-corrected chi connectivity index (χ0v) is 17.4. The number of rotatable bonds is 7. The van der Waals surface area contributed by atoms with Gasteiger partial charge in [0, 0.05) is 17.9 Å². The number of benzene rings is 2. The molecule has 7 heteroatoms. The minimum Gasteiger partial charge on any atom is -1.00 e. The van der Waals surface area contributed by atoms with Gasteiger partial charge in [-0.05, 0) is 42.0 Å². The number of quaternary nitrogens is 1. The summed E-state index contributed by atoms with van der Waals surface area (Å²) in [6, 6.07) is 14.7. The van der Waals surface area contributed by atoms with Gasteiger partial charge in [-0.25, -0.2) is 0 Å². The van der Waals surface area contributed by atoms with Crippen molar-refractivity contribution in [3.05, 3.63) is 59.1 Å². The fraction of sp³-hybridized carbons (Fsp3) is 0.429. The highest BCUT2D eigenvalue weighted by Gasteiger charge is 2.36. The van der Waals surface area contributed by atoms with Crippen molar-refractivity contribution in [3.63, 3.8) is 0 Å². The zero-order chi connectivity index (χ0) is 19.3. The number of aliphatic hydroxyl groups is 2. The molecule has 3 rings (SSSR count). The van der Waals surface area contributed by atoms with Gasteiger partial charge in [0.15, 0.2) is 0 Å². The summed E-state index contributed by atoms with van der Waals surface area (Å²) in [7, 11) is 1.62. The highest BCUT2D eigenvalue weighted by atomic mass is 35.5. The summed E-state index contributed by atoms with van der Waals surface area (Å²) in [5.74, 6) is 1.48. The first-order valence-corrected chi connectivity index (χ1v) is 9.63. The molecule has 2 aromatic rings. The minimum atomic E-state index is -0.807. The van der Waals surface area contributed by atoms with Crippen LogP contribution < -0.4 is 26.8 Å². The van der Waals surface area contributed by atoms with Crippen molar-refractivity contribution in [2.45, 2.75) is 24.5 Å². The Labute approximate surface area is 177 Å². The highest BCUT2D eigenvalue weighted by Crippen LogP contribution is 2.30. The van der Waals surface area contributed by atoms with Crippen LogP contribution >= 0.6 is 11.6 Å². The molecule has 1 atom stereocenters. The van der Waals surface area contributed by atoms with Gasteiger partial charge >= 0.3 is 0 Å². The van der Waals surface area contributed by atoms with Gasteiger partial charge in [0.1, 0.15) is 36.4 Å². The topological polar surface area (TPSA) is 63.4 Å². The van der Waals surface area contributed by atoms with Gasteiger partial charge in [0.25, 0.3) is 0 Å². The second kappa shape index (κ2) is 10.3. The molecule has 154 valence electrons. The molecule has 3 N–H and O–H groups in total. The maximum absolute atomic E-state index is 10.9. The molecule has 5 nitrogen and oxygen atoms in total. The lowest BCUT2D eigenvalue weighted by atomic mass is 9.84. The molecule has 0 spiro atoms. The molecule has 1 unspecified atom stereocenters. The van der Waals surface area contributed by atoms with E-state index in [1.54, 1.807) is 7.11 Å². The van der Waals surface area contributed by atoms with E-state index in [2.05, 4.69) is 0 Å². The average Bonchev–Trinajstić information content (AvgIpc) is 2.69. The number of nitrogens with one attached hydrogen (secondary N) is 1. The third kappa shape index (κ3) is 6.00. The largest absolute Gasteiger partial charge is 1.00 e. The predicted octanol–water partition coefficient (Wildman–Crippen LogP) is -1.34. The quantitative estimate of drug-likeness (QED) is 0.511. The summed E-state index contributed by atoms with van der Waals surface area (Å²) in [5.41, 5.74) is 0.105. The van der Waals surface area contributed by atoms with E-state index in [1.165, 1.54) is 4.90 Å². The number of aliphatic hydroxyl groups excluding tert-OH is 1. The maximum Gasteiger partial charge on any atom is 0.137 e. The van der Waals surface area contributed by atoms with E-state index in [0.717, 1.165) is 24.4 Å². The third-order valence-corrected chi connectivity index (χ3v) is 5.44. The molecule has 0 bridgehead atoms. The Kier molecular flexibility index (Phi) is 8.40. The van der Waals surface area contributed by atoms with Gasteiger partial charge in [-0.1, -0.05) is 23.7 Å². The number of hydrogen-bond acceptors (Lipinski definition) is 4. The Morgan fingerprint density at radius 1 is 1.04 bits per heavy atom. The molecule has 1 fully saturated rings. The SMILES string of the molecule is COc1ccc(OCC(O)C[NH+]2CCC(O)(c3ccc(Cl)cc3)CC2)cc1.[Cl-].